The lowest BCUT2D eigenvalue weighted by Crippen LogP contribution is -1.97. The van der Waals surface area contributed by atoms with E-state index in [0.717, 1.165) is 28.0 Å². The minimum absolute atomic E-state index is 0.552. The fraction of sp³-hybridized carbons (Fsp3) is 0. The van der Waals surface area contributed by atoms with Crippen molar-refractivity contribution in [1.29, 1.82) is 0 Å². The van der Waals surface area contributed by atoms with Crippen LogP contribution < -0.4 is 5.32 Å². The second kappa shape index (κ2) is 5.29. The topological polar surface area (TPSA) is 66.5 Å². The maximum Gasteiger partial charge on any atom is 0.227 e. The van der Waals surface area contributed by atoms with Gasteiger partial charge < -0.3 is 5.32 Å². The highest BCUT2D eigenvalue weighted by Crippen LogP contribution is 2.25. The van der Waals surface area contributed by atoms with Crippen molar-refractivity contribution >= 4 is 22.5 Å². The molecule has 2 N–H and O–H groups in total. The summed E-state index contributed by atoms with van der Waals surface area (Å²) in [4.78, 5) is 8.82. The third-order valence-electron chi connectivity index (χ3n) is 3.40. The molecule has 0 aliphatic rings. The first-order valence-corrected chi connectivity index (χ1v) is 6.99. The van der Waals surface area contributed by atoms with E-state index in [4.69, 9.17) is 0 Å². The molecular weight excluding hydrogens is 274 g/mol. The number of hydrogen-bond acceptors (Lipinski definition) is 4. The molecule has 0 radical (unpaired) electrons. The molecular formula is C17H13N5. The first-order chi connectivity index (χ1) is 10.9. The van der Waals surface area contributed by atoms with Crippen molar-refractivity contribution in [3.8, 4) is 11.4 Å². The van der Waals surface area contributed by atoms with Gasteiger partial charge in [-0.25, -0.2) is 9.97 Å². The van der Waals surface area contributed by atoms with Crippen LogP contribution in [0.4, 0.5) is 11.6 Å². The van der Waals surface area contributed by atoms with Crippen molar-refractivity contribution in [3.63, 3.8) is 0 Å². The van der Waals surface area contributed by atoms with E-state index < -0.39 is 0 Å². The summed E-state index contributed by atoms with van der Waals surface area (Å²) in [5, 5.41) is 11.6. The zero-order chi connectivity index (χ0) is 14.8. The molecule has 0 aliphatic carbocycles. The number of rotatable bonds is 3. The molecule has 0 saturated heterocycles. The van der Waals surface area contributed by atoms with Crippen LogP contribution in [0.15, 0.2) is 66.9 Å². The summed E-state index contributed by atoms with van der Waals surface area (Å²) in [6, 6.07) is 19.7. The predicted octanol–water partition coefficient (Wildman–Crippen LogP) is 3.76. The molecule has 4 rings (SSSR count). The van der Waals surface area contributed by atoms with Crippen molar-refractivity contribution in [1.82, 2.24) is 20.2 Å². The lowest BCUT2D eigenvalue weighted by molar-refractivity contribution is 1.10. The van der Waals surface area contributed by atoms with Crippen LogP contribution in [0.3, 0.4) is 0 Å². The third-order valence-corrected chi connectivity index (χ3v) is 3.40. The molecule has 0 spiro atoms. The average Bonchev–Trinajstić information content (AvgIpc) is 3.00. The van der Waals surface area contributed by atoms with Gasteiger partial charge in [-0.3, -0.25) is 5.10 Å². The smallest absolute Gasteiger partial charge is 0.227 e. The van der Waals surface area contributed by atoms with Crippen molar-refractivity contribution < 1.29 is 0 Å². The van der Waals surface area contributed by atoms with E-state index in [1.165, 1.54) is 0 Å². The SMILES string of the molecule is c1ccc(Nc2nccc(-c3n[nH]c4ccccc34)n2)cc1. The van der Waals surface area contributed by atoms with Crippen LogP contribution in [-0.2, 0) is 0 Å². The number of aromatic amines is 1. The summed E-state index contributed by atoms with van der Waals surface area (Å²) < 4.78 is 0. The highest BCUT2D eigenvalue weighted by atomic mass is 15.1. The van der Waals surface area contributed by atoms with Crippen LogP contribution in [0.5, 0.6) is 0 Å². The summed E-state index contributed by atoms with van der Waals surface area (Å²) in [6.45, 7) is 0. The predicted molar refractivity (Wildman–Crippen MR) is 86.8 cm³/mol. The largest absolute Gasteiger partial charge is 0.324 e. The monoisotopic (exact) mass is 287 g/mol. The number of hydrogen-bond donors (Lipinski definition) is 2. The summed E-state index contributed by atoms with van der Waals surface area (Å²) in [5.74, 6) is 0.552. The minimum Gasteiger partial charge on any atom is -0.324 e. The maximum absolute atomic E-state index is 4.56. The Balaban J connectivity index is 1.73. The Bertz CT molecular complexity index is 914. The van der Waals surface area contributed by atoms with Crippen LogP contribution in [0.25, 0.3) is 22.3 Å². The minimum atomic E-state index is 0.552. The molecule has 0 bridgehead atoms. The standard InChI is InChI=1S/C17H13N5/c1-2-6-12(7-3-1)19-17-18-11-10-15(20-17)16-13-8-4-5-9-14(13)21-22-16/h1-11H,(H,21,22)(H,18,19,20). The Kier molecular flexibility index (Phi) is 3.01. The molecule has 4 aromatic rings. The fourth-order valence-electron chi connectivity index (χ4n) is 2.36. The number of nitrogens with one attached hydrogen (secondary N) is 2. The fourth-order valence-corrected chi connectivity index (χ4v) is 2.36. The van der Waals surface area contributed by atoms with Gasteiger partial charge in [-0.05, 0) is 24.3 Å². The van der Waals surface area contributed by atoms with Gasteiger partial charge in [0.25, 0.3) is 0 Å². The highest BCUT2D eigenvalue weighted by molar-refractivity contribution is 5.91. The van der Waals surface area contributed by atoms with Gasteiger partial charge in [0.2, 0.25) is 5.95 Å². The Hall–Kier alpha value is -3.21. The molecule has 0 atom stereocenters. The van der Waals surface area contributed by atoms with Gasteiger partial charge in [0.05, 0.1) is 11.2 Å². The molecule has 5 nitrogen and oxygen atoms in total. The van der Waals surface area contributed by atoms with Crippen LogP contribution in [0, 0.1) is 0 Å². The van der Waals surface area contributed by atoms with Gasteiger partial charge in [0.15, 0.2) is 0 Å². The summed E-state index contributed by atoms with van der Waals surface area (Å²) in [5.41, 5.74) is 3.56. The van der Waals surface area contributed by atoms with Gasteiger partial charge in [0, 0.05) is 17.3 Å². The van der Waals surface area contributed by atoms with Gasteiger partial charge in [-0.15, -0.1) is 0 Å². The molecule has 0 saturated carbocycles. The van der Waals surface area contributed by atoms with E-state index in [2.05, 4.69) is 25.5 Å². The molecule has 2 heterocycles. The van der Waals surface area contributed by atoms with Gasteiger partial charge in [-0.1, -0.05) is 36.4 Å². The summed E-state index contributed by atoms with van der Waals surface area (Å²) in [6.07, 6.45) is 1.73. The van der Waals surface area contributed by atoms with Crippen molar-refractivity contribution in [2.45, 2.75) is 0 Å². The molecule has 0 amide bonds. The Labute approximate surface area is 127 Å². The lowest BCUT2D eigenvalue weighted by atomic mass is 10.1. The molecule has 106 valence electrons. The van der Waals surface area contributed by atoms with Crippen LogP contribution in [0.2, 0.25) is 0 Å². The average molecular weight is 287 g/mol. The van der Waals surface area contributed by atoms with Crippen LogP contribution in [0.1, 0.15) is 0 Å². The van der Waals surface area contributed by atoms with E-state index in [9.17, 15) is 0 Å². The Morgan fingerprint density at radius 1 is 0.864 bits per heavy atom. The number of benzene rings is 2. The maximum atomic E-state index is 4.56. The van der Waals surface area contributed by atoms with E-state index in [1.54, 1.807) is 6.20 Å². The van der Waals surface area contributed by atoms with Crippen molar-refractivity contribution in [3.05, 3.63) is 66.9 Å². The molecule has 0 unspecified atom stereocenters. The second-order valence-electron chi connectivity index (χ2n) is 4.87. The van der Waals surface area contributed by atoms with E-state index in [0.29, 0.717) is 5.95 Å². The molecule has 0 fully saturated rings. The van der Waals surface area contributed by atoms with Gasteiger partial charge in [-0.2, -0.15) is 5.10 Å². The molecule has 22 heavy (non-hydrogen) atoms. The Morgan fingerprint density at radius 2 is 1.68 bits per heavy atom. The number of para-hydroxylation sites is 2. The zero-order valence-corrected chi connectivity index (χ0v) is 11.7. The second-order valence-corrected chi connectivity index (χ2v) is 4.87. The zero-order valence-electron chi connectivity index (χ0n) is 11.7. The van der Waals surface area contributed by atoms with Crippen LogP contribution >= 0.6 is 0 Å². The highest BCUT2D eigenvalue weighted by Gasteiger charge is 2.10. The molecule has 2 aromatic carbocycles. The van der Waals surface area contributed by atoms with Crippen LogP contribution in [-0.4, -0.2) is 20.2 Å². The number of nitrogens with zero attached hydrogens (tertiary/aromatic N) is 3. The lowest BCUT2D eigenvalue weighted by Gasteiger charge is -2.05. The summed E-state index contributed by atoms with van der Waals surface area (Å²) >= 11 is 0. The third kappa shape index (κ3) is 2.29. The van der Waals surface area contributed by atoms with Gasteiger partial charge in [0.1, 0.15) is 5.69 Å². The number of aromatic nitrogens is 4. The number of anilines is 2. The molecule has 2 aromatic heterocycles. The number of H-pyrrole nitrogens is 1. The first kappa shape index (κ1) is 12.5. The molecule has 0 aliphatic heterocycles. The number of fused-ring (bicyclic) bond motifs is 1. The van der Waals surface area contributed by atoms with E-state index in [1.807, 2.05) is 60.7 Å². The quantitative estimate of drug-likeness (QED) is 0.602. The van der Waals surface area contributed by atoms with E-state index >= 15 is 0 Å². The Morgan fingerprint density at radius 3 is 2.59 bits per heavy atom. The molecule has 5 heteroatoms. The summed E-state index contributed by atoms with van der Waals surface area (Å²) in [7, 11) is 0. The van der Waals surface area contributed by atoms with Gasteiger partial charge >= 0.3 is 0 Å². The van der Waals surface area contributed by atoms with Crippen molar-refractivity contribution in [2.75, 3.05) is 5.32 Å². The normalized spacial score (nSPS) is 10.7. The van der Waals surface area contributed by atoms with Crippen molar-refractivity contribution in [2.24, 2.45) is 0 Å². The first-order valence-electron chi connectivity index (χ1n) is 6.99. The van der Waals surface area contributed by atoms with E-state index in [-0.39, 0.29) is 0 Å².